The Morgan fingerprint density at radius 1 is 1.20 bits per heavy atom. The Morgan fingerprint density at radius 3 is 2.48 bits per heavy atom. The maximum absolute atomic E-state index is 11.9. The molecule has 0 bridgehead atoms. The van der Waals surface area contributed by atoms with Crippen LogP contribution in [0.5, 0.6) is 0 Å². The lowest BCUT2D eigenvalue weighted by atomic mass is 10.0. The molecule has 1 aliphatic heterocycles. The van der Waals surface area contributed by atoms with Gasteiger partial charge in [-0.1, -0.05) is 19.1 Å². The summed E-state index contributed by atoms with van der Waals surface area (Å²) in [4.78, 5) is 25.6. The molecule has 0 aliphatic carbocycles. The Hall–Kier alpha value is -2.12. The minimum atomic E-state index is -0.802. The van der Waals surface area contributed by atoms with Crippen molar-refractivity contribution < 1.29 is 9.90 Å². The van der Waals surface area contributed by atoms with Crippen LogP contribution in [0.3, 0.4) is 0 Å². The molecule has 1 aliphatic rings. The first kappa shape index (κ1) is 17.7. The average molecular weight is 358 g/mol. The highest BCUT2D eigenvalue weighted by atomic mass is 32.2. The topological polar surface area (TPSA) is 69.6 Å². The first-order valence-corrected chi connectivity index (χ1v) is 9.38. The van der Waals surface area contributed by atoms with E-state index in [1.54, 1.807) is 30.4 Å². The summed E-state index contributed by atoms with van der Waals surface area (Å²) < 4.78 is 0. The third-order valence-electron chi connectivity index (χ3n) is 4.29. The van der Waals surface area contributed by atoms with Crippen LogP contribution in [0.1, 0.15) is 18.5 Å². The van der Waals surface area contributed by atoms with Gasteiger partial charge >= 0.3 is 5.97 Å². The van der Waals surface area contributed by atoms with Crippen LogP contribution in [0, 0.1) is 0 Å². The number of nitrogens with zero attached hydrogens (tertiary/aromatic N) is 4. The van der Waals surface area contributed by atoms with Crippen LogP contribution in [-0.2, 0) is 4.79 Å². The van der Waals surface area contributed by atoms with Crippen molar-refractivity contribution in [2.45, 2.75) is 17.9 Å². The van der Waals surface area contributed by atoms with Gasteiger partial charge in [0.25, 0.3) is 0 Å². The van der Waals surface area contributed by atoms with E-state index in [-0.39, 0.29) is 0 Å². The molecule has 2 heterocycles. The molecule has 1 N–H and O–H groups in total. The highest BCUT2D eigenvalue weighted by Crippen LogP contribution is 2.26. The van der Waals surface area contributed by atoms with Gasteiger partial charge in [0.2, 0.25) is 0 Å². The van der Waals surface area contributed by atoms with Crippen LogP contribution in [0.4, 0.5) is 5.82 Å². The molecular weight excluding hydrogens is 336 g/mol. The zero-order valence-electron chi connectivity index (χ0n) is 14.2. The van der Waals surface area contributed by atoms with E-state index in [0.717, 1.165) is 30.2 Å². The van der Waals surface area contributed by atoms with Crippen LogP contribution in [0.15, 0.2) is 47.8 Å². The summed E-state index contributed by atoms with van der Waals surface area (Å²) in [5.74, 6) is 1.05. The molecule has 3 rings (SSSR count). The van der Waals surface area contributed by atoms with Crippen molar-refractivity contribution in [1.29, 1.82) is 0 Å². The average Bonchev–Trinajstić information content (AvgIpc) is 2.65. The van der Waals surface area contributed by atoms with Crippen LogP contribution < -0.4 is 4.90 Å². The number of thioether (sulfide) groups is 1. The van der Waals surface area contributed by atoms with E-state index in [0.29, 0.717) is 13.1 Å². The van der Waals surface area contributed by atoms with Crippen LogP contribution >= 0.6 is 11.8 Å². The zero-order valence-corrected chi connectivity index (χ0v) is 15.0. The summed E-state index contributed by atoms with van der Waals surface area (Å²) in [6.07, 6.45) is 5.08. The Bertz CT molecular complexity index is 688. The van der Waals surface area contributed by atoms with Crippen molar-refractivity contribution in [2.75, 3.05) is 36.8 Å². The Labute approximate surface area is 151 Å². The van der Waals surface area contributed by atoms with Crippen molar-refractivity contribution in [3.05, 3.63) is 48.4 Å². The number of aromatic nitrogens is 2. The molecule has 1 aromatic carbocycles. The first-order chi connectivity index (χ1) is 12.2. The number of benzene rings is 1. The molecule has 1 atom stereocenters. The molecule has 0 saturated carbocycles. The molecule has 0 radical (unpaired) electrons. The van der Waals surface area contributed by atoms with E-state index in [9.17, 15) is 9.90 Å². The van der Waals surface area contributed by atoms with Gasteiger partial charge in [0.1, 0.15) is 11.9 Å². The quantitative estimate of drug-likeness (QED) is 0.796. The van der Waals surface area contributed by atoms with E-state index in [2.05, 4.69) is 21.8 Å². The summed E-state index contributed by atoms with van der Waals surface area (Å²) in [5, 5.41) is 9.75. The Balaban J connectivity index is 1.69. The number of piperazine rings is 1. The summed E-state index contributed by atoms with van der Waals surface area (Å²) in [7, 11) is 0. The zero-order chi connectivity index (χ0) is 17.6. The van der Waals surface area contributed by atoms with Gasteiger partial charge in [0, 0.05) is 43.5 Å². The molecule has 0 amide bonds. The van der Waals surface area contributed by atoms with Crippen molar-refractivity contribution in [3.8, 4) is 0 Å². The third-order valence-corrected chi connectivity index (χ3v) is 5.19. The number of aliphatic carboxylic acids is 1. The van der Waals surface area contributed by atoms with Gasteiger partial charge in [0.05, 0.1) is 6.20 Å². The van der Waals surface area contributed by atoms with Crippen LogP contribution in [0.25, 0.3) is 0 Å². The summed E-state index contributed by atoms with van der Waals surface area (Å²) in [6, 6.07) is 7.28. The minimum Gasteiger partial charge on any atom is -0.480 e. The van der Waals surface area contributed by atoms with Gasteiger partial charge in [0.15, 0.2) is 0 Å². The highest BCUT2D eigenvalue weighted by molar-refractivity contribution is 7.99. The molecule has 25 heavy (non-hydrogen) atoms. The lowest BCUT2D eigenvalue weighted by molar-refractivity contribution is -0.143. The van der Waals surface area contributed by atoms with Crippen LogP contribution in [-0.4, -0.2) is 57.9 Å². The molecule has 1 aromatic heterocycles. The van der Waals surface area contributed by atoms with E-state index in [4.69, 9.17) is 0 Å². The Morgan fingerprint density at radius 2 is 1.92 bits per heavy atom. The predicted octanol–water partition coefficient (Wildman–Crippen LogP) is 2.54. The van der Waals surface area contributed by atoms with Gasteiger partial charge in [-0.3, -0.25) is 14.7 Å². The number of anilines is 1. The second kappa shape index (κ2) is 8.31. The predicted molar refractivity (Wildman–Crippen MR) is 99.0 cm³/mol. The summed E-state index contributed by atoms with van der Waals surface area (Å²) in [5.41, 5.74) is 0.834. The number of rotatable bonds is 6. The van der Waals surface area contributed by atoms with E-state index in [1.165, 1.54) is 4.90 Å². The fourth-order valence-corrected chi connectivity index (χ4v) is 3.75. The van der Waals surface area contributed by atoms with Gasteiger partial charge in [-0.15, -0.1) is 11.8 Å². The first-order valence-electron chi connectivity index (χ1n) is 8.39. The third kappa shape index (κ3) is 4.29. The number of carbonyl (C=O) groups is 1. The smallest absolute Gasteiger partial charge is 0.325 e. The Kier molecular flexibility index (Phi) is 5.88. The molecule has 132 valence electrons. The molecule has 1 fully saturated rings. The fourth-order valence-electron chi connectivity index (χ4n) is 3.09. The molecule has 2 aromatic rings. The van der Waals surface area contributed by atoms with E-state index >= 15 is 0 Å². The van der Waals surface area contributed by atoms with Gasteiger partial charge in [-0.25, -0.2) is 4.98 Å². The van der Waals surface area contributed by atoms with E-state index in [1.807, 2.05) is 29.2 Å². The monoisotopic (exact) mass is 358 g/mol. The lowest BCUT2D eigenvalue weighted by Gasteiger charge is -2.38. The maximum atomic E-state index is 11.9. The molecule has 0 unspecified atom stereocenters. The molecule has 6 nitrogen and oxygen atoms in total. The second-order valence-corrected chi connectivity index (χ2v) is 7.17. The summed E-state index contributed by atoms with van der Waals surface area (Å²) in [6.45, 7) is 4.95. The number of carboxylic acids is 1. The van der Waals surface area contributed by atoms with Gasteiger partial charge in [-0.05, 0) is 23.4 Å². The van der Waals surface area contributed by atoms with Crippen molar-refractivity contribution >= 4 is 23.5 Å². The normalized spacial score (nSPS) is 16.6. The maximum Gasteiger partial charge on any atom is 0.325 e. The number of carboxylic acid groups (broad SMARTS) is 1. The minimum absolute atomic E-state index is 0.607. The van der Waals surface area contributed by atoms with E-state index < -0.39 is 12.0 Å². The molecule has 0 spiro atoms. The molecule has 1 saturated heterocycles. The number of hydrogen-bond donors (Lipinski definition) is 1. The van der Waals surface area contributed by atoms with Crippen molar-refractivity contribution in [2.24, 2.45) is 0 Å². The van der Waals surface area contributed by atoms with Crippen molar-refractivity contribution in [1.82, 2.24) is 14.9 Å². The highest BCUT2D eigenvalue weighted by Gasteiger charge is 2.30. The van der Waals surface area contributed by atoms with Gasteiger partial charge < -0.3 is 10.0 Å². The van der Waals surface area contributed by atoms with Crippen molar-refractivity contribution in [3.63, 3.8) is 0 Å². The largest absolute Gasteiger partial charge is 0.480 e. The van der Waals surface area contributed by atoms with Gasteiger partial charge in [-0.2, -0.15) is 0 Å². The standard InChI is InChI=1S/C18H22N4O2S/c1-2-25-15-5-3-14(4-6-15)17(18(23)24)22-11-9-21(10-12-22)16-13-19-7-8-20-16/h3-8,13,17H,2,9-12H2,1H3,(H,23,24)/t17-/m1/s1. The molecular formula is C18H22N4O2S. The fraction of sp³-hybridized carbons (Fsp3) is 0.389. The SMILES string of the molecule is CCSc1ccc([C@H](C(=O)O)N2CCN(c3cnccn3)CC2)cc1. The summed E-state index contributed by atoms with van der Waals surface area (Å²) >= 11 is 1.76. The lowest BCUT2D eigenvalue weighted by Crippen LogP contribution is -2.49. The van der Waals surface area contributed by atoms with Crippen LogP contribution in [0.2, 0.25) is 0 Å². The number of hydrogen-bond acceptors (Lipinski definition) is 6. The second-order valence-electron chi connectivity index (χ2n) is 5.83. The molecule has 7 heteroatoms.